The molecule has 1 atom stereocenters. The van der Waals surface area contributed by atoms with Crippen LogP contribution in [0.5, 0.6) is 0 Å². The van der Waals surface area contributed by atoms with Crippen LogP contribution in [0.4, 0.5) is 4.39 Å². The van der Waals surface area contributed by atoms with E-state index >= 15 is 0 Å². The minimum absolute atomic E-state index is 0.0440. The number of nitrogens with zero attached hydrogens (tertiary/aromatic N) is 4. The van der Waals surface area contributed by atoms with Gasteiger partial charge in [-0.15, -0.1) is 0 Å². The summed E-state index contributed by atoms with van der Waals surface area (Å²) >= 11 is 0. The largest absolute Gasteiger partial charge is 0.352 e. The fraction of sp³-hybridized carbons (Fsp3) is 0.640. The van der Waals surface area contributed by atoms with E-state index in [1.807, 2.05) is 30.0 Å². The van der Waals surface area contributed by atoms with Crippen LogP contribution in [0.3, 0.4) is 0 Å². The SMILES string of the molecule is CCC(=O)NCc1ccccc1CN1CCN(C(=O)CN2CCN(C(=O)C(F)CC)CC2)CC1. The molecule has 188 valence electrons. The van der Waals surface area contributed by atoms with Crippen molar-refractivity contribution in [3.8, 4) is 0 Å². The van der Waals surface area contributed by atoms with E-state index in [-0.39, 0.29) is 18.2 Å². The zero-order chi connectivity index (χ0) is 24.5. The Kier molecular flexibility index (Phi) is 9.83. The average Bonchev–Trinajstić information content (AvgIpc) is 2.87. The number of halogens is 1. The molecule has 2 saturated heterocycles. The fourth-order valence-corrected chi connectivity index (χ4v) is 4.39. The highest BCUT2D eigenvalue weighted by molar-refractivity contribution is 5.81. The van der Waals surface area contributed by atoms with E-state index in [2.05, 4.69) is 21.2 Å². The molecule has 0 radical (unpaired) electrons. The average molecular weight is 476 g/mol. The second kappa shape index (κ2) is 12.8. The molecule has 1 N–H and O–H groups in total. The highest BCUT2D eigenvalue weighted by Gasteiger charge is 2.28. The molecule has 2 aliphatic rings. The molecule has 0 bridgehead atoms. The van der Waals surface area contributed by atoms with Gasteiger partial charge in [-0.05, 0) is 17.5 Å². The van der Waals surface area contributed by atoms with Crippen molar-refractivity contribution in [2.75, 3.05) is 58.9 Å². The maximum atomic E-state index is 13.7. The van der Waals surface area contributed by atoms with E-state index < -0.39 is 12.1 Å². The number of amides is 3. The Bertz CT molecular complexity index is 836. The lowest BCUT2D eigenvalue weighted by molar-refractivity contribution is -0.139. The third-order valence-electron chi connectivity index (χ3n) is 6.70. The Labute approximate surface area is 202 Å². The van der Waals surface area contributed by atoms with Gasteiger partial charge in [0.15, 0.2) is 6.17 Å². The predicted molar refractivity (Wildman–Crippen MR) is 129 cm³/mol. The Morgan fingerprint density at radius 1 is 0.882 bits per heavy atom. The molecule has 0 aliphatic carbocycles. The molecule has 3 rings (SSSR count). The van der Waals surface area contributed by atoms with Gasteiger partial charge in [0.25, 0.3) is 5.91 Å². The molecule has 8 nitrogen and oxygen atoms in total. The number of hydrogen-bond donors (Lipinski definition) is 1. The molecular formula is C25H38FN5O3. The summed E-state index contributed by atoms with van der Waals surface area (Å²) in [5, 5.41) is 2.95. The molecule has 9 heteroatoms. The van der Waals surface area contributed by atoms with Crippen molar-refractivity contribution in [2.24, 2.45) is 0 Å². The molecular weight excluding hydrogens is 437 g/mol. The quantitative estimate of drug-likeness (QED) is 0.582. The number of nitrogens with one attached hydrogen (secondary N) is 1. The summed E-state index contributed by atoms with van der Waals surface area (Å²) in [5.74, 6) is -0.277. The number of hydrogen-bond acceptors (Lipinski definition) is 5. The van der Waals surface area contributed by atoms with Crippen molar-refractivity contribution in [3.05, 3.63) is 35.4 Å². The van der Waals surface area contributed by atoms with Crippen LogP contribution in [-0.2, 0) is 27.5 Å². The van der Waals surface area contributed by atoms with E-state index in [0.717, 1.165) is 25.2 Å². The molecule has 2 aliphatic heterocycles. The summed E-state index contributed by atoms with van der Waals surface area (Å²) in [4.78, 5) is 44.3. The van der Waals surface area contributed by atoms with Gasteiger partial charge in [0.2, 0.25) is 11.8 Å². The molecule has 0 spiro atoms. The number of carbonyl (C=O) groups excluding carboxylic acids is 3. The summed E-state index contributed by atoms with van der Waals surface area (Å²) in [5.41, 5.74) is 2.32. The third-order valence-corrected chi connectivity index (χ3v) is 6.70. The van der Waals surface area contributed by atoms with Crippen LogP contribution < -0.4 is 5.32 Å². The molecule has 3 amide bonds. The Morgan fingerprint density at radius 2 is 1.47 bits per heavy atom. The number of rotatable bonds is 9. The Hall–Kier alpha value is -2.52. The van der Waals surface area contributed by atoms with Crippen molar-refractivity contribution in [3.63, 3.8) is 0 Å². The molecule has 2 heterocycles. The third kappa shape index (κ3) is 7.24. The van der Waals surface area contributed by atoms with E-state index in [1.54, 1.807) is 11.8 Å². The first-order valence-corrected chi connectivity index (χ1v) is 12.4. The van der Waals surface area contributed by atoms with Crippen LogP contribution in [0, 0.1) is 0 Å². The van der Waals surface area contributed by atoms with Crippen molar-refractivity contribution in [1.29, 1.82) is 0 Å². The lowest BCUT2D eigenvalue weighted by atomic mass is 10.1. The van der Waals surface area contributed by atoms with Crippen molar-refractivity contribution in [1.82, 2.24) is 24.9 Å². The standard InChI is InChI=1S/C25H38FN5O3/c1-3-22(26)25(34)31-15-11-29(12-16-31)19-24(33)30-13-9-28(10-14-30)18-21-8-6-5-7-20(21)17-27-23(32)4-2/h5-8,22H,3-4,9-19H2,1-2H3,(H,27,32). The summed E-state index contributed by atoms with van der Waals surface area (Å²) in [6.45, 7) is 10.3. The minimum atomic E-state index is -1.42. The Balaban J connectivity index is 1.41. The smallest absolute Gasteiger partial charge is 0.257 e. The van der Waals surface area contributed by atoms with Gasteiger partial charge in [0, 0.05) is 71.9 Å². The topological polar surface area (TPSA) is 76.2 Å². The lowest BCUT2D eigenvalue weighted by Crippen LogP contribution is -2.55. The van der Waals surface area contributed by atoms with Gasteiger partial charge in [-0.1, -0.05) is 38.1 Å². The summed E-state index contributed by atoms with van der Waals surface area (Å²) in [7, 11) is 0. The maximum absolute atomic E-state index is 13.7. The van der Waals surface area contributed by atoms with Crippen molar-refractivity contribution >= 4 is 17.7 Å². The number of piperazine rings is 2. The second-order valence-electron chi connectivity index (χ2n) is 9.03. The first-order chi connectivity index (χ1) is 16.4. The number of carbonyl (C=O) groups is 3. The zero-order valence-corrected chi connectivity index (χ0v) is 20.5. The van der Waals surface area contributed by atoms with Crippen LogP contribution in [0.1, 0.15) is 37.8 Å². The Morgan fingerprint density at radius 3 is 2.09 bits per heavy atom. The van der Waals surface area contributed by atoms with Crippen LogP contribution in [0.15, 0.2) is 24.3 Å². The van der Waals surface area contributed by atoms with E-state index in [1.165, 1.54) is 5.56 Å². The van der Waals surface area contributed by atoms with Gasteiger partial charge in [-0.25, -0.2) is 4.39 Å². The van der Waals surface area contributed by atoms with Crippen LogP contribution in [0.25, 0.3) is 0 Å². The van der Waals surface area contributed by atoms with Gasteiger partial charge in [0.1, 0.15) is 0 Å². The number of benzene rings is 1. The maximum Gasteiger partial charge on any atom is 0.257 e. The van der Waals surface area contributed by atoms with E-state index in [0.29, 0.717) is 58.8 Å². The van der Waals surface area contributed by atoms with Gasteiger partial charge in [-0.2, -0.15) is 0 Å². The van der Waals surface area contributed by atoms with E-state index in [4.69, 9.17) is 0 Å². The van der Waals surface area contributed by atoms with Gasteiger partial charge in [0.05, 0.1) is 6.54 Å². The summed E-state index contributed by atoms with van der Waals surface area (Å²) in [6.07, 6.45) is -0.750. The summed E-state index contributed by atoms with van der Waals surface area (Å²) < 4.78 is 13.7. The highest BCUT2D eigenvalue weighted by atomic mass is 19.1. The monoisotopic (exact) mass is 475 g/mol. The van der Waals surface area contributed by atoms with Crippen LogP contribution in [0.2, 0.25) is 0 Å². The summed E-state index contributed by atoms with van der Waals surface area (Å²) in [6, 6.07) is 8.15. The van der Waals surface area contributed by atoms with Gasteiger partial charge in [-0.3, -0.25) is 24.2 Å². The molecule has 0 aromatic heterocycles. The van der Waals surface area contributed by atoms with Gasteiger partial charge >= 0.3 is 0 Å². The molecule has 34 heavy (non-hydrogen) atoms. The first-order valence-electron chi connectivity index (χ1n) is 12.4. The molecule has 1 aromatic rings. The highest BCUT2D eigenvalue weighted by Crippen LogP contribution is 2.14. The molecule has 0 saturated carbocycles. The fourth-order valence-electron chi connectivity index (χ4n) is 4.39. The van der Waals surface area contributed by atoms with Crippen LogP contribution >= 0.6 is 0 Å². The first kappa shape index (κ1) is 26.1. The lowest BCUT2D eigenvalue weighted by Gasteiger charge is -2.38. The molecule has 2 fully saturated rings. The van der Waals surface area contributed by atoms with E-state index in [9.17, 15) is 18.8 Å². The van der Waals surface area contributed by atoms with Crippen molar-refractivity contribution in [2.45, 2.75) is 46.0 Å². The second-order valence-corrected chi connectivity index (χ2v) is 9.03. The molecule has 1 aromatic carbocycles. The number of alkyl halides is 1. The normalized spacial score (nSPS) is 18.6. The zero-order valence-electron chi connectivity index (χ0n) is 20.5. The van der Waals surface area contributed by atoms with Gasteiger partial charge < -0.3 is 15.1 Å². The predicted octanol–water partition coefficient (Wildman–Crippen LogP) is 1.25. The molecule has 1 unspecified atom stereocenters. The minimum Gasteiger partial charge on any atom is -0.352 e. The van der Waals surface area contributed by atoms with Crippen LogP contribution in [-0.4, -0.2) is 102 Å². The van der Waals surface area contributed by atoms with Crippen molar-refractivity contribution < 1.29 is 18.8 Å².